The van der Waals surface area contributed by atoms with Gasteiger partial charge in [0.2, 0.25) is 0 Å². The maximum Gasteiger partial charge on any atom is 0.410 e. The number of amides is 1. The van der Waals surface area contributed by atoms with E-state index in [-0.39, 0.29) is 5.92 Å². The molecule has 1 saturated heterocycles. The third kappa shape index (κ3) is 6.76. The number of nitrogens with zero attached hydrogens (tertiary/aromatic N) is 2. The fourth-order valence-electron chi connectivity index (χ4n) is 4.25. The summed E-state index contributed by atoms with van der Waals surface area (Å²) in [5.74, 6) is -0.244. The number of likely N-dealkylation sites (tertiary alicyclic amines) is 1. The van der Waals surface area contributed by atoms with Crippen molar-refractivity contribution in [2.24, 2.45) is 5.92 Å². The van der Waals surface area contributed by atoms with Crippen molar-refractivity contribution in [1.82, 2.24) is 4.90 Å². The van der Waals surface area contributed by atoms with E-state index in [1.165, 1.54) is 7.11 Å². The van der Waals surface area contributed by atoms with Gasteiger partial charge in [0.05, 0.1) is 14.2 Å². The molecular formula is C26H33N2O7S-. The van der Waals surface area contributed by atoms with Crippen LogP contribution >= 0.6 is 0 Å². The predicted octanol–water partition coefficient (Wildman–Crippen LogP) is 4.15. The van der Waals surface area contributed by atoms with Crippen LogP contribution in [0.4, 0.5) is 10.5 Å². The number of carbonyl (C=O) groups excluding carboxylic acids is 2. The molecule has 2 aromatic carbocycles. The second-order valence-electron chi connectivity index (χ2n) is 9.59. The van der Waals surface area contributed by atoms with Crippen LogP contribution in [-0.2, 0) is 25.5 Å². The minimum Gasteiger partial charge on any atom is -0.755 e. The highest BCUT2D eigenvalue weighted by atomic mass is 32.2. The zero-order chi connectivity index (χ0) is 26.5. The highest BCUT2D eigenvalue weighted by Crippen LogP contribution is 2.32. The number of esters is 1. The molecule has 0 radical (unpaired) electrons. The normalized spacial score (nSPS) is 16.1. The van der Waals surface area contributed by atoms with Gasteiger partial charge in [-0.05, 0) is 74.9 Å². The average molecular weight is 518 g/mol. The van der Waals surface area contributed by atoms with Crippen LogP contribution in [0.2, 0.25) is 0 Å². The number of ether oxygens (including phenoxy) is 3. The molecular weight excluding hydrogens is 484 g/mol. The molecule has 2 atom stereocenters. The molecule has 9 nitrogen and oxygen atoms in total. The van der Waals surface area contributed by atoms with Crippen molar-refractivity contribution < 1.29 is 32.6 Å². The largest absolute Gasteiger partial charge is 0.755 e. The summed E-state index contributed by atoms with van der Waals surface area (Å²) < 4.78 is 41.5. The van der Waals surface area contributed by atoms with Gasteiger partial charge in [0, 0.05) is 30.0 Å². The molecule has 0 aromatic heterocycles. The van der Waals surface area contributed by atoms with Crippen LogP contribution in [0.1, 0.15) is 33.6 Å². The van der Waals surface area contributed by atoms with Crippen LogP contribution < -0.4 is 9.04 Å². The number of methoxy groups -OCH3 is 2. The first-order chi connectivity index (χ1) is 17.0. The minimum atomic E-state index is -2.73. The topological polar surface area (TPSA) is 108 Å². The minimum absolute atomic E-state index is 0.338. The van der Waals surface area contributed by atoms with Crippen molar-refractivity contribution in [3.63, 3.8) is 0 Å². The van der Waals surface area contributed by atoms with E-state index >= 15 is 0 Å². The SMILES string of the molecule is COC(=O)C(C1CCN(C(=O)OC(C)(C)C)CC1)N(c1ccc(-c2ccc(OC)cc2)cc1)S(=O)[O-]. The van der Waals surface area contributed by atoms with Crippen molar-refractivity contribution in [1.29, 1.82) is 0 Å². The molecule has 1 aliphatic heterocycles. The summed E-state index contributed by atoms with van der Waals surface area (Å²) in [6.07, 6.45) is 0.432. The molecule has 0 bridgehead atoms. The molecule has 3 rings (SSSR count). The summed E-state index contributed by atoms with van der Waals surface area (Å²) in [6.45, 7) is 6.09. The number of carbonyl (C=O) groups is 2. The fraction of sp³-hybridized carbons (Fsp3) is 0.462. The second-order valence-corrected chi connectivity index (χ2v) is 10.4. The number of anilines is 1. The quantitative estimate of drug-likeness (QED) is 0.401. The Labute approximate surface area is 214 Å². The monoisotopic (exact) mass is 517 g/mol. The first-order valence-electron chi connectivity index (χ1n) is 11.7. The zero-order valence-corrected chi connectivity index (χ0v) is 22.1. The molecule has 1 heterocycles. The lowest BCUT2D eigenvalue weighted by Gasteiger charge is -2.41. The number of piperidine rings is 1. The molecule has 36 heavy (non-hydrogen) atoms. The molecule has 0 N–H and O–H groups in total. The van der Waals surface area contributed by atoms with E-state index in [4.69, 9.17) is 14.2 Å². The highest BCUT2D eigenvalue weighted by molar-refractivity contribution is 7.80. The number of hydrogen-bond donors (Lipinski definition) is 0. The van der Waals surface area contributed by atoms with Crippen molar-refractivity contribution in [3.05, 3.63) is 48.5 Å². The van der Waals surface area contributed by atoms with Gasteiger partial charge >= 0.3 is 12.1 Å². The summed E-state index contributed by atoms with van der Waals surface area (Å²) in [7, 11) is 2.84. The van der Waals surface area contributed by atoms with Crippen LogP contribution in [0.25, 0.3) is 11.1 Å². The molecule has 0 saturated carbocycles. The van der Waals surface area contributed by atoms with Gasteiger partial charge < -0.3 is 23.7 Å². The van der Waals surface area contributed by atoms with Crippen molar-refractivity contribution in [2.75, 3.05) is 31.6 Å². The van der Waals surface area contributed by atoms with Gasteiger partial charge in [-0.1, -0.05) is 24.3 Å². The van der Waals surface area contributed by atoms with Gasteiger partial charge in [-0.2, -0.15) is 0 Å². The van der Waals surface area contributed by atoms with E-state index in [1.54, 1.807) is 57.0 Å². The lowest BCUT2D eigenvalue weighted by Crippen LogP contribution is -2.52. The number of hydrogen-bond acceptors (Lipinski definition) is 7. The standard InChI is InChI=1S/C26H34N2O7S/c1-26(2,3)35-25(30)27-16-14-20(15-17-27)23(24(29)34-5)28(36(31)32)21-10-6-18(7-11-21)19-8-12-22(33-4)13-9-19/h6-13,20,23H,14-17H2,1-5H3,(H,31,32)/p-1. The first-order valence-corrected chi connectivity index (χ1v) is 12.8. The van der Waals surface area contributed by atoms with Gasteiger partial charge in [0.25, 0.3) is 0 Å². The Morgan fingerprint density at radius 2 is 1.53 bits per heavy atom. The Balaban J connectivity index is 1.81. The molecule has 10 heteroatoms. The van der Waals surface area contributed by atoms with Crippen molar-refractivity contribution in [3.8, 4) is 16.9 Å². The van der Waals surface area contributed by atoms with Gasteiger partial charge in [0.1, 0.15) is 17.4 Å². The molecule has 0 spiro atoms. The molecule has 2 unspecified atom stereocenters. The summed E-state index contributed by atoms with van der Waals surface area (Å²) in [4.78, 5) is 26.8. The number of rotatable bonds is 7. The Hall–Kier alpha value is -3.11. The summed E-state index contributed by atoms with van der Waals surface area (Å²) in [5, 5.41) is 0. The second kappa shape index (κ2) is 11.7. The van der Waals surface area contributed by atoms with E-state index in [9.17, 15) is 18.4 Å². The van der Waals surface area contributed by atoms with Crippen LogP contribution in [-0.4, -0.2) is 64.7 Å². The lowest BCUT2D eigenvalue weighted by atomic mass is 9.89. The highest BCUT2D eigenvalue weighted by Gasteiger charge is 2.39. The fourth-order valence-corrected chi connectivity index (χ4v) is 4.99. The van der Waals surface area contributed by atoms with E-state index in [1.807, 2.05) is 24.3 Å². The van der Waals surface area contributed by atoms with Crippen molar-refractivity contribution in [2.45, 2.75) is 45.3 Å². The van der Waals surface area contributed by atoms with Gasteiger partial charge in [0.15, 0.2) is 0 Å². The maximum absolute atomic E-state index is 12.8. The summed E-state index contributed by atoms with van der Waals surface area (Å²) >= 11 is -2.73. The first kappa shape index (κ1) is 27.5. The lowest BCUT2D eigenvalue weighted by molar-refractivity contribution is -0.143. The van der Waals surface area contributed by atoms with Crippen LogP contribution in [0, 0.1) is 5.92 Å². The van der Waals surface area contributed by atoms with Crippen molar-refractivity contribution >= 4 is 29.0 Å². The smallest absolute Gasteiger partial charge is 0.410 e. The Morgan fingerprint density at radius 1 is 1.00 bits per heavy atom. The maximum atomic E-state index is 12.8. The van der Waals surface area contributed by atoms with Gasteiger partial charge in [-0.3, -0.25) is 8.51 Å². The molecule has 2 aromatic rings. The van der Waals surface area contributed by atoms with E-state index in [0.29, 0.717) is 31.6 Å². The number of benzene rings is 2. The Kier molecular flexibility index (Phi) is 8.97. The average Bonchev–Trinajstić information content (AvgIpc) is 2.86. The van der Waals surface area contributed by atoms with Crippen LogP contribution in [0.3, 0.4) is 0 Å². The molecule has 0 aliphatic carbocycles. The van der Waals surface area contributed by atoms with E-state index < -0.39 is 35.0 Å². The van der Waals surface area contributed by atoms with E-state index in [0.717, 1.165) is 21.2 Å². The van der Waals surface area contributed by atoms with Crippen LogP contribution in [0.15, 0.2) is 48.5 Å². The van der Waals surface area contributed by atoms with Crippen LogP contribution in [0.5, 0.6) is 5.75 Å². The Bertz CT molecular complexity index is 1060. The Morgan fingerprint density at radius 3 is 1.97 bits per heavy atom. The summed E-state index contributed by atoms with van der Waals surface area (Å²) in [5.41, 5.74) is 1.57. The summed E-state index contributed by atoms with van der Waals surface area (Å²) in [6, 6.07) is 13.4. The predicted molar refractivity (Wildman–Crippen MR) is 136 cm³/mol. The molecule has 1 aliphatic rings. The molecule has 196 valence electrons. The zero-order valence-electron chi connectivity index (χ0n) is 21.3. The molecule has 1 fully saturated rings. The third-order valence-corrected chi connectivity index (χ3v) is 6.80. The van der Waals surface area contributed by atoms with Gasteiger partial charge in [-0.25, -0.2) is 9.59 Å². The molecule has 1 amide bonds. The van der Waals surface area contributed by atoms with Gasteiger partial charge in [-0.15, -0.1) is 0 Å². The third-order valence-electron chi connectivity index (χ3n) is 6.04. The van der Waals surface area contributed by atoms with E-state index in [2.05, 4.69) is 0 Å².